The number of nitriles is 1. The number of ether oxygens (including phenoxy) is 4. The van der Waals surface area contributed by atoms with Crippen LogP contribution in [0.15, 0.2) is 66.7 Å². The van der Waals surface area contributed by atoms with Gasteiger partial charge in [-0.1, -0.05) is 24.3 Å². The smallest absolute Gasteiger partial charge is 0.335 e. The predicted molar refractivity (Wildman–Crippen MR) is 189 cm³/mol. The number of imidazole rings is 1. The summed E-state index contributed by atoms with van der Waals surface area (Å²) >= 11 is 0. The molecule has 3 aliphatic rings. The fourth-order valence-corrected chi connectivity index (χ4v) is 7.08. The number of hydrogen-bond acceptors (Lipinski definition) is 9. The fourth-order valence-electron chi connectivity index (χ4n) is 7.08. The largest absolute Gasteiger partial charge is 0.493 e. The third-order valence-electron chi connectivity index (χ3n) is 9.96. The van der Waals surface area contributed by atoms with E-state index in [-0.39, 0.29) is 17.8 Å². The van der Waals surface area contributed by atoms with E-state index in [1.165, 1.54) is 0 Å². The van der Waals surface area contributed by atoms with E-state index < -0.39 is 5.97 Å². The Kier molecular flexibility index (Phi) is 9.02. The number of likely N-dealkylation sites (tertiary alicyclic amines) is 1. The summed E-state index contributed by atoms with van der Waals surface area (Å²) in [5.74, 6) is 1.48. The van der Waals surface area contributed by atoms with E-state index in [0.29, 0.717) is 61.0 Å². The number of nitrogens with zero attached hydrogens (tertiary/aromatic N) is 5. The van der Waals surface area contributed by atoms with Crippen LogP contribution in [0.25, 0.3) is 22.3 Å². The summed E-state index contributed by atoms with van der Waals surface area (Å²) in [5, 5.41) is 19.6. The first-order chi connectivity index (χ1) is 24.9. The van der Waals surface area contributed by atoms with Crippen molar-refractivity contribution in [1.29, 1.82) is 5.26 Å². The second kappa shape index (κ2) is 14.1. The van der Waals surface area contributed by atoms with Crippen LogP contribution in [0.4, 0.5) is 0 Å². The molecule has 2 atom stereocenters. The van der Waals surface area contributed by atoms with Crippen LogP contribution in [-0.4, -0.2) is 76.1 Å². The van der Waals surface area contributed by atoms with Gasteiger partial charge in [-0.3, -0.25) is 0 Å². The molecule has 51 heavy (non-hydrogen) atoms. The SMILES string of the molecule is CN1CCC(Oc2cc(C(=O)O)cc3c2nc(Cc2ccc4cc2OCCCc2cc(C#N)ccc2COc2cccc-4n2)n3C[C@@H]2CCO2)C1. The number of hydrogen-bond donors (Lipinski definition) is 1. The number of aromatic nitrogens is 3. The average molecular weight is 686 g/mol. The number of benzene rings is 3. The number of rotatable bonds is 7. The molecule has 8 rings (SSSR count). The van der Waals surface area contributed by atoms with E-state index in [0.717, 1.165) is 78.3 Å². The third kappa shape index (κ3) is 6.98. The highest BCUT2D eigenvalue weighted by molar-refractivity contribution is 5.95. The third-order valence-corrected chi connectivity index (χ3v) is 9.96. The molecule has 11 heteroatoms. The summed E-state index contributed by atoms with van der Waals surface area (Å²) in [4.78, 5) is 24.5. The lowest BCUT2D eigenvalue weighted by atomic mass is 10.0. The van der Waals surface area contributed by atoms with Gasteiger partial charge in [0.05, 0.1) is 47.7 Å². The molecule has 260 valence electrons. The van der Waals surface area contributed by atoms with Crippen LogP contribution in [0.1, 0.15) is 57.7 Å². The second-order valence-electron chi connectivity index (χ2n) is 13.6. The highest BCUT2D eigenvalue weighted by Crippen LogP contribution is 2.35. The number of fused-ring (bicyclic) bond motifs is 7. The van der Waals surface area contributed by atoms with E-state index in [1.807, 2.05) is 48.5 Å². The normalized spacial score (nSPS) is 18.8. The molecule has 0 radical (unpaired) electrons. The van der Waals surface area contributed by atoms with Crippen molar-refractivity contribution < 1.29 is 28.8 Å². The van der Waals surface area contributed by atoms with E-state index >= 15 is 0 Å². The van der Waals surface area contributed by atoms with Gasteiger partial charge in [-0.15, -0.1) is 0 Å². The van der Waals surface area contributed by atoms with Crippen LogP contribution >= 0.6 is 0 Å². The Bertz CT molecular complexity index is 2150. The first kappa shape index (κ1) is 32.7. The van der Waals surface area contributed by atoms with Crippen LogP contribution in [0, 0.1) is 11.3 Å². The Morgan fingerprint density at radius 2 is 1.94 bits per heavy atom. The van der Waals surface area contributed by atoms with Gasteiger partial charge < -0.3 is 33.5 Å². The van der Waals surface area contributed by atoms with Crippen LogP contribution in [0.3, 0.4) is 0 Å². The molecule has 1 N–H and O–H groups in total. The molecule has 0 spiro atoms. The molecular weight excluding hydrogens is 646 g/mol. The number of pyridine rings is 1. The minimum absolute atomic E-state index is 0.0177. The number of carbonyl (C=O) groups is 1. The second-order valence-corrected chi connectivity index (χ2v) is 13.6. The van der Waals surface area contributed by atoms with Crippen molar-refractivity contribution >= 4 is 17.0 Å². The van der Waals surface area contributed by atoms with Crippen molar-refractivity contribution in [1.82, 2.24) is 19.4 Å². The maximum Gasteiger partial charge on any atom is 0.335 e. The summed E-state index contributed by atoms with van der Waals surface area (Å²) < 4.78 is 27.1. The molecule has 2 fully saturated rings. The molecule has 3 aliphatic heterocycles. The van der Waals surface area contributed by atoms with Gasteiger partial charge in [-0.2, -0.15) is 5.26 Å². The van der Waals surface area contributed by atoms with Crippen molar-refractivity contribution in [3.8, 4) is 34.7 Å². The molecular formula is C40H39N5O6. The first-order valence-electron chi connectivity index (χ1n) is 17.5. The maximum absolute atomic E-state index is 12.3. The highest BCUT2D eigenvalue weighted by atomic mass is 16.5. The molecule has 1 unspecified atom stereocenters. The molecule has 2 saturated heterocycles. The Hall–Kier alpha value is -5.44. The zero-order valence-corrected chi connectivity index (χ0v) is 28.5. The molecule has 11 nitrogen and oxygen atoms in total. The number of likely N-dealkylation sites (N-methyl/N-ethyl adjacent to an activating group) is 1. The Morgan fingerprint density at radius 3 is 2.73 bits per heavy atom. The number of aromatic carboxylic acids is 1. The zero-order chi connectivity index (χ0) is 34.9. The maximum atomic E-state index is 12.3. The van der Waals surface area contributed by atoms with Crippen molar-refractivity contribution in [2.24, 2.45) is 0 Å². The lowest BCUT2D eigenvalue weighted by Gasteiger charge is -2.27. The van der Waals surface area contributed by atoms with Gasteiger partial charge in [0.25, 0.3) is 0 Å². The van der Waals surface area contributed by atoms with E-state index in [1.54, 1.807) is 12.1 Å². The molecule has 2 aromatic heterocycles. The van der Waals surface area contributed by atoms with Crippen molar-refractivity contribution in [2.75, 3.05) is 33.4 Å². The lowest BCUT2D eigenvalue weighted by Crippen LogP contribution is -2.31. The summed E-state index contributed by atoms with van der Waals surface area (Å²) in [6.07, 6.45) is 3.66. The van der Waals surface area contributed by atoms with Crippen molar-refractivity contribution in [2.45, 2.75) is 57.5 Å². The van der Waals surface area contributed by atoms with Crippen LogP contribution in [0.5, 0.6) is 17.4 Å². The van der Waals surface area contributed by atoms with E-state index in [2.05, 4.69) is 28.7 Å². The molecule has 0 amide bonds. The molecule has 4 bridgehead atoms. The van der Waals surface area contributed by atoms with Gasteiger partial charge in [-0.05, 0) is 80.3 Å². The van der Waals surface area contributed by atoms with Gasteiger partial charge in [-0.25, -0.2) is 14.8 Å². The average Bonchev–Trinajstić information content (AvgIpc) is 3.69. The zero-order valence-electron chi connectivity index (χ0n) is 28.5. The van der Waals surface area contributed by atoms with Crippen LogP contribution in [-0.2, 0) is 30.7 Å². The summed E-state index contributed by atoms with van der Waals surface area (Å²) in [7, 11) is 2.06. The Balaban J connectivity index is 1.17. The van der Waals surface area contributed by atoms with Gasteiger partial charge in [0.2, 0.25) is 5.88 Å². The summed E-state index contributed by atoms with van der Waals surface area (Å²) in [5.41, 5.74) is 6.80. The monoisotopic (exact) mass is 685 g/mol. The number of carboxylic acids is 1. The fraction of sp³-hybridized carbons (Fsp3) is 0.350. The standard InChI is InChI=1S/C40H39N5O6/c1-44-13-11-32(22-44)51-36-19-30(40(46)47)17-34-39(36)43-37(45(34)23-31-12-15-48-31)20-28-10-9-27-18-35(28)49-14-3-4-26-16-25(21-41)7-8-29(26)24-50-38-6-2-5-33(27)42-38/h2,5-10,16-19,31-32H,3-4,11-15,20,22-24H2,1H3,(H,46,47)/t31-,32?/m0/s1. The highest BCUT2D eigenvalue weighted by Gasteiger charge is 2.27. The van der Waals surface area contributed by atoms with E-state index in [4.69, 9.17) is 28.9 Å². The van der Waals surface area contributed by atoms with Crippen molar-refractivity contribution in [3.63, 3.8) is 0 Å². The quantitative estimate of drug-likeness (QED) is 0.217. The topological polar surface area (TPSA) is 132 Å². The van der Waals surface area contributed by atoms with Gasteiger partial charge in [0.1, 0.15) is 35.6 Å². The number of aryl methyl sites for hydroxylation is 1. The molecule has 0 aliphatic carbocycles. The van der Waals surface area contributed by atoms with Crippen LogP contribution < -0.4 is 14.2 Å². The summed E-state index contributed by atoms with van der Waals surface area (Å²) in [6.45, 7) is 3.76. The Morgan fingerprint density at radius 1 is 1.04 bits per heavy atom. The molecule has 5 heterocycles. The lowest BCUT2D eigenvalue weighted by molar-refractivity contribution is -0.0589. The number of carboxylic acid groups (broad SMARTS) is 1. The molecule has 3 aromatic carbocycles. The van der Waals surface area contributed by atoms with Crippen molar-refractivity contribution in [3.05, 3.63) is 100 Å². The minimum Gasteiger partial charge on any atom is -0.493 e. The van der Waals surface area contributed by atoms with Gasteiger partial charge in [0, 0.05) is 43.3 Å². The first-order valence-corrected chi connectivity index (χ1v) is 17.5. The molecule has 5 aromatic rings. The van der Waals surface area contributed by atoms with Gasteiger partial charge in [0.15, 0.2) is 0 Å². The van der Waals surface area contributed by atoms with Crippen LogP contribution in [0.2, 0.25) is 0 Å². The van der Waals surface area contributed by atoms with E-state index in [9.17, 15) is 15.2 Å². The molecule has 0 saturated carbocycles. The minimum atomic E-state index is -1.01. The predicted octanol–water partition coefficient (Wildman–Crippen LogP) is 6.03. The summed E-state index contributed by atoms with van der Waals surface area (Å²) in [6, 6.07) is 23.1. The van der Waals surface area contributed by atoms with Gasteiger partial charge >= 0.3 is 5.97 Å². The Labute approximate surface area is 296 Å².